The summed E-state index contributed by atoms with van der Waals surface area (Å²) in [6.45, 7) is 4.30. The van der Waals surface area contributed by atoms with E-state index in [2.05, 4.69) is 25.4 Å². The van der Waals surface area contributed by atoms with Crippen molar-refractivity contribution in [3.63, 3.8) is 0 Å². The van der Waals surface area contributed by atoms with Gasteiger partial charge >= 0.3 is 18.2 Å². The summed E-state index contributed by atoms with van der Waals surface area (Å²) in [6, 6.07) is 2.23. The molecule has 3 aromatic heterocycles. The van der Waals surface area contributed by atoms with Gasteiger partial charge in [-0.15, -0.1) is 0 Å². The molecule has 0 fully saturated rings. The molecule has 206 valence electrons. The zero-order chi connectivity index (χ0) is 27.3. The number of urea groups is 1. The highest BCUT2D eigenvalue weighted by Gasteiger charge is 2.30. The van der Waals surface area contributed by atoms with Gasteiger partial charge < -0.3 is 19.7 Å². The van der Waals surface area contributed by atoms with E-state index in [1.807, 2.05) is 13.8 Å². The number of hydrogen-bond donors (Lipinski definition) is 1. The summed E-state index contributed by atoms with van der Waals surface area (Å²) in [7, 11) is 1.51. The highest BCUT2D eigenvalue weighted by atomic mass is 19.4. The first-order valence-corrected chi connectivity index (χ1v) is 12.7. The fourth-order valence-electron chi connectivity index (χ4n) is 4.51. The van der Waals surface area contributed by atoms with Crippen molar-refractivity contribution in [2.24, 2.45) is 0 Å². The van der Waals surface area contributed by atoms with Gasteiger partial charge in [0.2, 0.25) is 0 Å². The first-order valence-electron chi connectivity index (χ1n) is 12.7. The summed E-state index contributed by atoms with van der Waals surface area (Å²) in [5, 5.41) is 7.09. The van der Waals surface area contributed by atoms with Gasteiger partial charge in [-0.3, -0.25) is 4.98 Å². The molecule has 1 aliphatic heterocycles. The number of aromatic nitrogens is 5. The minimum Gasteiger partial charge on any atom is -0.494 e. The van der Waals surface area contributed by atoms with Crippen molar-refractivity contribution in [2.75, 3.05) is 20.3 Å². The summed E-state index contributed by atoms with van der Waals surface area (Å²) < 4.78 is 51.9. The van der Waals surface area contributed by atoms with Gasteiger partial charge in [0.05, 0.1) is 43.4 Å². The lowest BCUT2D eigenvalue weighted by Crippen LogP contribution is -2.46. The molecule has 4 bridgehead atoms. The second-order valence-electron chi connectivity index (χ2n) is 9.20. The molecule has 1 aliphatic rings. The predicted molar refractivity (Wildman–Crippen MR) is 133 cm³/mol. The summed E-state index contributed by atoms with van der Waals surface area (Å²) in [5.74, 6) is 0.790. The molecule has 0 radical (unpaired) electrons. The standard InChI is InChI=1S/C25H32F3N7O3/c1-4-34-16(2)19-14-18(20(37-3)15-29-19)22-32-21-10-12-30-35(21)24(33-22)38-13-7-5-6-8-17(31-23(34)36)9-11-25(26,27)28/h10,12,14-17H,4-9,11,13H2,1-3H3,(H,31,36)/t16-,17-/m1/s1. The number of rotatable bonds is 4. The number of halogens is 3. The van der Waals surface area contributed by atoms with Crippen LogP contribution < -0.4 is 14.8 Å². The maximum Gasteiger partial charge on any atom is 0.389 e. The van der Waals surface area contributed by atoms with E-state index in [0.717, 1.165) is 0 Å². The molecule has 0 saturated heterocycles. The quantitative estimate of drug-likeness (QED) is 0.504. The largest absolute Gasteiger partial charge is 0.494 e. The number of nitrogens with one attached hydrogen (secondary N) is 1. The van der Waals surface area contributed by atoms with Crippen LogP contribution in [-0.4, -0.2) is 68.0 Å². The highest BCUT2D eigenvalue weighted by molar-refractivity contribution is 5.75. The van der Waals surface area contributed by atoms with Crippen molar-refractivity contribution < 1.29 is 27.4 Å². The van der Waals surface area contributed by atoms with Crippen molar-refractivity contribution in [1.29, 1.82) is 0 Å². The number of ether oxygens (including phenoxy) is 2. The average Bonchev–Trinajstić information content (AvgIpc) is 3.37. The molecule has 13 heteroatoms. The molecule has 4 rings (SSSR count). The molecule has 3 aromatic rings. The molecule has 2 amide bonds. The molecule has 0 aliphatic carbocycles. The predicted octanol–water partition coefficient (Wildman–Crippen LogP) is 4.95. The van der Waals surface area contributed by atoms with Crippen LogP contribution in [0.1, 0.15) is 64.1 Å². The van der Waals surface area contributed by atoms with Gasteiger partial charge in [-0.05, 0) is 45.6 Å². The second kappa shape index (κ2) is 11.8. The second-order valence-corrected chi connectivity index (χ2v) is 9.20. The molecular formula is C25H32F3N7O3. The van der Waals surface area contributed by atoms with Crippen LogP contribution in [0.5, 0.6) is 11.8 Å². The Morgan fingerprint density at radius 3 is 2.79 bits per heavy atom. The van der Waals surface area contributed by atoms with E-state index in [9.17, 15) is 18.0 Å². The van der Waals surface area contributed by atoms with E-state index in [4.69, 9.17) is 9.47 Å². The fraction of sp³-hybridized carbons (Fsp3) is 0.560. The Kier molecular flexibility index (Phi) is 8.52. The zero-order valence-corrected chi connectivity index (χ0v) is 21.7. The molecular weight excluding hydrogens is 503 g/mol. The Labute approximate surface area is 218 Å². The van der Waals surface area contributed by atoms with Crippen molar-refractivity contribution in [3.8, 4) is 23.1 Å². The monoisotopic (exact) mass is 535 g/mol. The number of carbonyl (C=O) groups is 1. The summed E-state index contributed by atoms with van der Waals surface area (Å²) in [5.41, 5.74) is 1.65. The minimum absolute atomic E-state index is 0.179. The van der Waals surface area contributed by atoms with Crippen LogP contribution in [0.2, 0.25) is 0 Å². The molecule has 2 atom stereocenters. The average molecular weight is 536 g/mol. The Hall–Kier alpha value is -3.64. The van der Waals surface area contributed by atoms with Crippen LogP contribution in [0.25, 0.3) is 17.0 Å². The van der Waals surface area contributed by atoms with Gasteiger partial charge in [0, 0.05) is 25.1 Å². The molecule has 4 heterocycles. The van der Waals surface area contributed by atoms with Gasteiger partial charge in [-0.2, -0.15) is 27.8 Å². The number of hydrogen-bond acceptors (Lipinski definition) is 7. The lowest BCUT2D eigenvalue weighted by molar-refractivity contribution is -0.136. The topological polar surface area (TPSA) is 107 Å². The Morgan fingerprint density at radius 1 is 1.24 bits per heavy atom. The van der Waals surface area contributed by atoms with Gasteiger partial charge in [-0.25, -0.2) is 9.78 Å². The van der Waals surface area contributed by atoms with Crippen LogP contribution in [0.3, 0.4) is 0 Å². The van der Waals surface area contributed by atoms with Gasteiger partial charge in [0.1, 0.15) is 5.75 Å². The van der Waals surface area contributed by atoms with E-state index in [0.29, 0.717) is 67.3 Å². The lowest BCUT2D eigenvalue weighted by atomic mass is 10.0. The number of carbonyl (C=O) groups excluding carboxylic acids is 1. The van der Waals surface area contributed by atoms with E-state index >= 15 is 0 Å². The summed E-state index contributed by atoms with van der Waals surface area (Å²) in [6.07, 6.45) is 0.148. The third-order valence-electron chi connectivity index (χ3n) is 6.60. The third-order valence-corrected chi connectivity index (χ3v) is 6.60. The molecule has 0 unspecified atom stereocenters. The fourth-order valence-corrected chi connectivity index (χ4v) is 4.51. The van der Waals surface area contributed by atoms with E-state index in [1.165, 1.54) is 17.8 Å². The molecule has 0 saturated carbocycles. The van der Waals surface area contributed by atoms with Crippen molar-refractivity contribution in [1.82, 2.24) is 34.8 Å². The van der Waals surface area contributed by atoms with Gasteiger partial charge in [-0.1, -0.05) is 6.42 Å². The lowest BCUT2D eigenvalue weighted by Gasteiger charge is -2.30. The number of amides is 2. The molecule has 38 heavy (non-hydrogen) atoms. The highest BCUT2D eigenvalue weighted by Crippen LogP contribution is 2.32. The zero-order valence-electron chi connectivity index (χ0n) is 21.7. The van der Waals surface area contributed by atoms with Crippen LogP contribution in [0.15, 0.2) is 24.5 Å². The number of pyridine rings is 1. The normalized spacial score (nSPS) is 19.5. The number of fused-ring (bicyclic) bond motifs is 7. The van der Waals surface area contributed by atoms with Crippen LogP contribution in [0, 0.1) is 0 Å². The molecule has 0 spiro atoms. The van der Waals surface area contributed by atoms with Gasteiger partial charge in [0.15, 0.2) is 11.5 Å². The minimum atomic E-state index is -4.29. The van der Waals surface area contributed by atoms with E-state index in [-0.39, 0.29) is 12.4 Å². The van der Waals surface area contributed by atoms with E-state index < -0.39 is 30.7 Å². The summed E-state index contributed by atoms with van der Waals surface area (Å²) in [4.78, 5) is 28.5. The molecule has 0 aromatic carbocycles. The Balaban J connectivity index is 1.72. The Bertz CT molecular complexity index is 1250. The van der Waals surface area contributed by atoms with E-state index in [1.54, 1.807) is 23.2 Å². The number of alkyl halides is 3. The Morgan fingerprint density at radius 2 is 2.05 bits per heavy atom. The maximum absolute atomic E-state index is 13.2. The van der Waals surface area contributed by atoms with Crippen molar-refractivity contribution >= 4 is 11.7 Å². The molecule has 10 nitrogen and oxygen atoms in total. The van der Waals surface area contributed by atoms with Crippen molar-refractivity contribution in [2.45, 2.75) is 70.6 Å². The van der Waals surface area contributed by atoms with Crippen LogP contribution >= 0.6 is 0 Å². The number of methoxy groups -OCH3 is 1. The first-order chi connectivity index (χ1) is 18.2. The SMILES string of the molecule is CCN1C(=O)N[C@@H](CCC(F)(F)F)CCCCCOc2nc(nc3ccnn23)-c2cc(ncc2OC)[C@H]1C. The third kappa shape index (κ3) is 6.43. The molecule has 1 N–H and O–H groups in total. The summed E-state index contributed by atoms with van der Waals surface area (Å²) >= 11 is 0. The van der Waals surface area contributed by atoms with Crippen LogP contribution in [0.4, 0.5) is 18.0 Å². The van der Waals surface area contributed by atoms with Crippen molar-refractivity contribution in [3.05, 3.63) is 30.2 Å². The van der Waals surface area contributed by atoms with Crippen LogP contribution in [-0.2, 0) is 0 Å². The first kappa shape index (κ1) is 27.4. The maximum atomic E-state index is 13.2. The smallest absolute Gasteiger partial charge is 0.389 e. The van der Waals surface area contributed by atoms with Gasteiger partial charge in [0.25, 0.3) is 0 Å². The number of nitrogens with zero attached hydrogens (tertiary/aromatic N) is 6.